The Hall–Kier alpha value is -3.17. The van der Waals surface area contributed by atoms with Crippen LogP contribution >= 0.6 is 0 Å². The minimum Gasteiger partial charge on any atom is -0.393 e. The summed E-state index contributed by atoms with van der Waals surface area (Å²) < 4.78 is 11.7. The minimum atomic E-state index is -1.21. The molecule has 1 saturated carbocycles. The second-order valence-corrected chi connectivity index (χ2v) is 10.4. The molecule has 4 atom stereocenters. The van der Waals surface area contributed by atoms with Crippen molar-refractivity contribution in [3.8, 4) is 0 Å². The van der Waals surface area contributed by atoms with Gasteiger partial charge in [-0.15, -0.1) is 0 Å². The summed E-state index contributed by atoms with van der Waals surface area (Å²) in [7, 11) is 1.51. The van der Waals surface area contributed by atoms with Gasteiger partial charge in [0.2, 0.25) is 23.6 Å². The van der Waals surface area contributed by atoms with Gasteiger partial charge < -0.3 is 14.4 Å². The molecular formula is C26H34N4O6. The fraction of sp³-hybridized carbons (Fsp3) is 0.654. The van der Waals surface area contributed by atoms with Crippen molar-refractivity contribution in [3.05, 3.63) is 23.1 Å². The Balaban J connectivity index is 1.69. The van der Waals surface area contributed by atoms with Crippen LogP contribution in [0.5, 0.6) is 0 Å². The van der Waals surface area contributed by atoms with Crippen molar-refractivity contribution < 1.29 is 28.7 Å². The van der Waals surface area contributed by atoms with Gasteiger partial charge in [-0.25, -0.2) is 14.5 Å². The van der Waals surface area contributed by atoms with Crippen LogP contribution in [-0.2, 0) is 19.1 Å². The Kier molecular flexibility index (Phi) is 5.95. The molecule has 0 spiro atoms. The number of carbonyl (C=O) groups excluding carboxylic acids is 4. The molecule has 0 N–H and O–H groups in total. The van der Waals surface area contributed by atoms with E-state index in [-0.39, 0.29) is 23.6 Å². The van der Waals surface area contributed by atoms with Gasteiger partial charge in [0.15, 0.2) is 0 Å². The lowest BCUT2D eigenvalue weighted by atomic mass is 9.61. The number of hydrogen-bond donors (Lipinski definition) is 0. The quantitative estimate of drug-likeness (QED) is 0.520. The molecule has 0 aromatic rings. The number of allylic oxidation sites excluding steroid dienone is 2. The molecule has 2 saturated heterocycles. The van der Waals surface area contributed by atoms with Gasteiger partial charge in [0.05, 0.1) is 11.8 Å². The van der Waals surface area contributed by atoms with Crippen molar-refractivity contribution in [2.45, 2.75) is 58.9 Å². The number of imide groups is 1. The SMILES string of the molecule is CCC1=C(OC(=O)N(CC)CC)N2C(=O)OC(=NCC3CC3)[C@]2(C)[C@H]2C1=CC[C@H]1C(=O)N(C)C(=O)[C@H]12. The lowest BCUT2D eigenvalue weighted by Crippen LogP contribution is -2.60. The first-order valence-electron chi connectivity index (χ1n) is 13.0. The molecule has 3 heterocycles. The van der Waals surface area contributed by atoms with Crippen molar-refractivity contribution in [1.82, 2.24) is 14.7 Å². The number of ether oxygens (including phenoxy) is 2. The monoisotopic (exact) mass is 498 g/mol. The number of likely N-dealkylation sites (tertiary alicyclic amines) is 1. The second kappa shape index (κ2) is 8.74. The highest BCUT2D eigenvalue weighted by Gasteiger charge is 2.67. The predicted octanol–water partition coefficient (Wildman–Crippen LogP) is 3.30. The first kappa shape index (κ1) is 24.5. The number of fused-ring (bicyclic) bond motifs is 5. The topological polar surface area (TPSA) is 109 Å². The Morgan fingerprint density at radius 1 is 1.19 bits per heavy atom. The van der Waals surface area contributed by atoms with Crippen LogP contribution in [0.25, 0.3) is 0 Å². The van der Waals surface area contributed by atoms with Gasteiger partial charge in [0, 0.05) is 38.2 Å². The van der Waals surface area contributed by atoms with Gasteiger partial charge >= 0.3 is 12.2 Å². The Morgan fingerprint density at radius 3 is 2.50 bits per heavy atom. The zero-order chi connectivity index (χ0) is 25.9. The highest BCUT2D eigenvalue weighted by molar-refractivity contribution is 6.08. The van der Waals surface area contributed by atoms with Gasteiger partial charge in [-0.1, -0.05) is 13.0 Å². The molecule has 0 unspecified atom stereocenters. The number of amides is 4. The average molecular weight is 499 g/mol. The van der Waals surface area contributed by atoms with E-state index in [9.17, 15) is 19.2 Å². The zero-order valence-corrected chi connectivity index (χ0v) is 21.6. The molecule has 5 rings (SSSR count). The van der Waals surface area contributed by atoms with Gasteiger partial charge in [-0.2, -0.15) is 0 Å². The summed E-state index contributed by atoms with van der Waals surface area (Å²) in [6.45, 7) is 8.89. The van der Waals surface area contributed by atoms with Crippen LogP contribution in [0, 0.1) is 23.7 Å². The van der Waals surface area contributed by atoms with Crippen molar-refractivity contribution in [3.63, 3.8) is 0 Å². The Labute approximate surface area is 211 Å². The molecule has 5 aliphatic rings. The molecule has 3 aliphatic heterocycles. The summed E-state index contributed by atoms with van der Waals surface area (Å²) in [5.41, 5.74) is 0.292. The van der Waals surface area contributed by atoms with Crippen LogP contribution in [0.1, 0.15) is 53.4 Å². The fourth-order valence-electron chi connectivity index (χ4n) is 6.20. The number of aliphatic imine (C=N–C) groups is 1. The fourth-order valence-corrected chi connectivity index (χ4v) is 6.20. The van der Waals surface area contributed by atoms with Crippen LogP contribution in [0.2, 0.25) is 0 Å². The van der Waals surface area contributed by atoms with Crippen LogP contribution in [-0.4, -0.2) is 76.8 Å². The number of nitrogens with zero attached hydrogens (tertiary/aromatic N) is 4. The summed E-state index contributed by atoms with van der Waals surface area (Å²) in [5, 5.41) is 0. The van der Waals surface area contributed by atoms with Crippen LogP contribution < -0.4 is 0 Å². The summed E-state index contributed by atoms with van der Waals surface area (Å²) in [5.74, 6) is -1.38. The van der Waals surface area contributed by atoms with Crippen molar-refractivity contribution in [2.75, 3.05) is 26.7 Å². The van der Waals surface area contributed by atoms with Crippen LogP contribution in [0.4, 0.5) is 9.59 Å². The first-order chi connectivity index (χ1) is 17.2. The van der Waals surface area contributed by atoms with E-state index in [2.05, 4.69) is 0 Å². The van der Waals surface area contributed by atoms with E-state index >= 15 is 0 Å². The Morgan fingerprint density at radius 2 is 1.89 bits per heavy atom. The van der Waals surface area contributed by atoms with E-state index in [1.165, 1.54) is 21.7 Å². The van der Waals surface area contributed by atoms with E-state index in [1.807, 2.05) is 33.8 Å². The molecule has 3 fully saturated rings. The molecule has 4 amide bonds. The van der Waals surface area contributed by atoms with Gasteiger partial charge in [-0.05, 0) is 57.9 Å². The molecule has 10 heteroatoms. The number of rotatable bonds is 6. The molecule has 10 nitrogen and oxygen atoms in total. The maximum atomic E-state index is 13.4. The maximum absolute atomic E-state index is 13.4. The second-order valence-electron chi connectivity index (χ2n) is 10.4. The number of carbonyl (C=O) groups is 4. The first-order valence-corrected chi connectivity index (χ1v) is 13.0. The van der Waals surface area contributed by atoms with Gasteiger partial charge in [-0.3, -0.25) is 19.5 Å². The summed E-state index contributed by atoms with van der Waals surface area (Å²) >= 11 is 0. The normalized spacial score (nSPS) is 32.4. The lowest BCUT2D eigenvalue weighted by molar-refractivity contribution is -0.138. The number of hydrogen-bond acceptors (Lipinski definition) is 7. The van der Waals surface area contributed by atoms with E-state index in [4.69, 9.17) is 14.5 Å². The summed E-state index contributed by atoms with van der Waals surface area (Å²) in [4.78, 5) is 61.6. The van der Waals surface area contributed by atoms with Crippen LogP contribution in [0.3, 0.4) is 0 Å². The molecule has 0 aromatic carbocycles. The molecular weight excluding hydrogens is 464 g/mol. The predicted molar refractivity (Wildman–Crippen MR) is 129 cm³/mol. The summed E-state index contributed by atoms with van der Waals surface area (Å²) in [6.07, 6.45) is 3.76. The zero-order valence-electron chi connectivity index (χ0n) is 21.6. The average Bonchev–Trinajstić information content (AvgIpc) is 3.61. The largest absolute Gasteiger partial charge is 0.424 e. The van der Waals surface area contributed by atoms with Crippen molar-refractivity contribution in [1.29, 1.82) is 0 Å². The maximum Gasteiger partial charge on any atom is 0.424 e. The van der Waals surface area contributed by atoms with Gasteiger partial charge in [0.1, 0.15) is 5.54 Å². The molecule has 0 radical (unpaired) electrons. The lowest BCUT2D eigenvalue weighted by Gasteiger charge is -2.49. The molecule has 0 aromatic heterocycles. The highest BCUT2D eigenvalue weighted by atomic mass is 16.6. The molecule has 194 valence electrons. The Bertz CT molecular complexity index is 1120. The van der Waals surface area contributed by atoms with Crippen molar-refractivity contribution >= 4 is 29.9 Å². The summed E-state index contributed by atoms with van der Waals surface area (Å²) in [6, 6.07) is 0. The third-order valence-corrected chi connectivity index (χ3v) is 8.41. The minimum absolute atomic E-state index is 0.129. The third kappa shape index (κ3) is 3.40. The third-order valence-electron chi connectivity index (χ3n) is 8.41. The molecule has 0 bridgehead atoms. The van der Waals surface area contributed by atoms with Crippen LogP contribution in [0.15, 0.2) is 28.1 Å². The smallest absolute Gasteiger partial charge is 0.393 e. The van der Waals surface area contributed by atoms with Gasteiger partial charge in [0.25, 0.3) is 0 Å². The highest BCUT2D eigenvalue weighted by Crippen LogP contribution is 2.56. The molecule has 36 heavy (non-hydrogen) atoms. The van der Waals surface area contributed by atoms with E-state index in [0.717, 1.165) is 18.4 Å². The number of cyclic esters (lactones) is 1. The van der Waals surface area contributed by atoms with E-state index < -0.39 is 35.5 Å². The van der Waals surface area contributed by atoms with E-state index in [1.54, 1.807) is 0 Å². The standard InChI is InChI=1S/C26H34N4O6/c1-6-15-16-11-12-17-18(21(32)28(5)20(17)31)19(16)26(4)23(27-13-14-9-10-14)36-25(34)30(26)22(15)35-24(33)29(7-2)8-3/h11,14,17-19H,6-10,12-13H2,1-5H3/t17-,18-,19+,26+/m1/s1. The van der Waals surface area contributed by atoms with Crippen molar-refractivity contribution in [2.24, 2.45) is 28.7 Å². The van der Waals surface area contributed by atoms with E-state index in [0.29, 0.717) is 44.0 Å². The molecule has 2 aliphatic carbocycles.